The van der Waals surface area contributed by atoms with E-state index in [2.05, 4.69) is 15.3 Å². The summed E-state index contributed by atoms with van der Waals surface area (Å²) in [6, 6.07) is 4.80. The van der Waals surface area contributed by atoms with Crippen LogP contribution in [0.25, 0.3) is 16.8 Å². The number of ether oxygens (including phenoxy) is 1. The minimum absolute atomic E-state index is 0.0745. The molecule has 5 heterocycles. The topological polar surface area (TPSA) is 128 Å². The Balaban J connectivity index is 1.22. The molecule has 1 saturated carbocycles. The molecule has 2 saturated heterocycles. The van der Waals surface area contributed by atoms with Crippen molar-refractivity contribution in [1.82, 2.24) is 24.3 Å². The van der Waals surface area contributed by atoms with Crippen LogP contribution in [-0.2, 0) is 11.0 Å². The number of carbonyl (C=O) groups is 2. The highest BCUT2D eigenvalue weighted by Crippen LogP contribution is 2.65. The second-order valence-electron chi connectivity index (χ2n) is 11.6. The first-order valence-corrected chi connectivity index (χ1v) is 14.2. The summed E-state index contributed by atoms with van der Waals surface area (Å²) in [5.41, 5.74) is 5.06. The largest absolute Gasteiger partial charge is 0.496 e. The maximum Gasteiger partial charge on any atom is 0.416 e. The summed E-state index contributed by atoms with van der Waals surface area (Å²) in [4.78, 5) is 40.2. The van der Waals surface area contributed by atoms with Crippen LogP contribution in [0.1, 0.15) is 53.3 Å². The number of nitrogens with zero attached hydrogens (tertiary/aromatic N) is 5. The molecule has 45 heavy (non-hydrogen) atoms. The second kappa shape index (κ2) is 9.84. The third-order valence-electron chi connectivity index (χ3n) is 9.08. The number of nitrogens with one attached hydrogen (secondary N) is 1. The van der Waals surface area contributed by atoms with Crippen LogP contribution >= 0.6 is 0 Å². The summed E-state index contributed by atoms with van der Waals surface area (Å²) in [6.45, 7) is 0.0848. The minimum Gasteiger partial charge on any atom is -0.496 e. The Morgan fingerprint density at radius 1 is 1.11 bits per heavy atom. The van der Waals surface area contributed by atoms with Gasteiger partial charge < -0.3 is 20.7 Å². The molecule has 3 aromatic heterocycles. The zero-order valence-electron chi connectivity index (χ0n) is 23.7. The molecule has 10 nitrogen and oxygen atoms in total. The van der Waals surface area contributed by atoms with Gasteiger partial charge in [-0.05, 0) is 56.0 Å². The molecule has 7 rings (SSSR count). The third-order valence-corrected chi connectivity index (χ3v) is 9.08. The molecule has 1 aliphatic carbocycles. The van der Waals surface area contributed by atoms with E-state index in [-0.39, 0.29) is 54.7 Å². The number of carbonyl (C=O) groups excluding carboxylic acids is 2. The Kier molecular flexibility index (Phi) is 6.33. The average molecular weight is 628 g/mol. The molecule has 15 heteroatoms. The van der Waals surface area contributed by atoms with Crippen molar-refractivity contribution in [3.05, 3.63) is 65.9 Å². The molecule has 1 unspecified atom stereocenters. The van der Waals surface area contributed by atoms with Crippen molar-refractivity contribution in [1.29, 1.82) is 0 Å². The summed E-state index contributed by atoms with van der Waals surface area (Å²) >= 11 is 0. The van der Waals surface area contributed by atoms with Gasteiger partial charge in [0, 0.05) is 42.2 Å². The van der Waals surface area contributed by atoms with E-state index in [4.69, 9.17) is 15.5 Å². The van der Waals surface area contributed by atoms with Crippen LogP contribution in [0.4, 0.5) is 33.6 Å². The number of methoxy groups -OCH3 is 1. The maximum absolute atomic E-state index is 15.2. The number of hydrogen-bond donors (Lipinski definition) is 2. The van der Waals surface area contributed by atoms with Crippen molar-refractivity contribution in [2.45, 2.75) is 49.7 Å². The lowest BCUT2D eigenvalue weighted by molar-refractivity contribution is -0.138. The van der Waals surface area contributed by atoms with E-state index in [9.17, 15) is 22.8 Å². The highest BCUT2D eigenvalue weighted by Gasteiger charge is 2.77. The van der Waals surface area contributed by atoms with Crippen molar-refractivity contribution in [2.24, 2.45) is 5.41 Å². The molecule has 4 aromatic rings. The molecule has 1 aromatic carbocycles. The van der Waals surface area contributed by atoms with Crippen LogP contribution < -0.4 is 15.8 Å². The molecule has 0 bridgehead atoms. The highest BCUT2D eigenvalue weighted by molar-refractivity contribution is 6.04. The number of imidazole rings is 1. The Morgan fingerprint density at radius 3 is 2.60 bits per heavy atom. The molecule has 2 aliphatic heterocycles. The number of nitrogen functional groups attached to an aromatic ring is 1. The van der Waals surface area contributed by atoms with Crippen molar-refractivity contribution < 1.29 is 36.3 Å². The zero-order valence-corrected chi connectivity index (χ0v) is 23.7. The predicted molar refractivity (Wildman–Crippen MR) is 151 cm³/mol. The number of rotatable bonds is 5. The number of aromatic nitrogens is 4. The summed E-state index contributed by atoms with van der Waals surface area (Å²) in [6.07, 6.45) is 0.378. The summed E-state index contributed by atoms with van der Waals surface area (Å²) in [5.74, 6) is -4.07. The van der Waals surface area contributed by atoms with Crippen molar-refractivity contribution >= 4 is 29.0 Å². The monoisotopic (exact) mass is 627 g/mol. The number of fused-ring (bicyclic) bond motifs is 2. The fourth-order valence-electron chi connectivity index (χ4n) is 6.65. The molecule has 1 spiro atoms. The zero-order chi connectivity index (χ0) is 31.9. The van der Waals surface area contributed by atoms with Gasteiger partial charge in [0.2, 0.25) is 5.91 Å². The number of nitrogens with two attached hydrogens (primary N) is 1. The SMILES string of the molecule is COc1cc(C(=O)Nc2cc(C(F)(F)F)ccn2)ccc1-c1nc([C@H]2CCC3N(C2)C(=O)C2(CC2)C3(F)F)n2ccnc(N)c12. The molecule has 3 fully saturated rings. The number of anilines is 2. The van der Waals surface area contributed by atoms with E-state index in [1.54, 1.807) is 16.7 Å². The van der Waals surface area contributed by atoms with Crippen LogP contribution in [0.3, 0.4) is 0 Å². The number of alkyl halides is 5. The normalized spacial score (nSPS) is 21.6. The van der Waals surface area contributed by atoms with Crippen LogP contribution in [0, 0.1) is 5.41 Å². The minimum atomic E-state index is -4.61. The van der Waals surface area contributed by atoms with Gasteiger partial charge in [-0.3, -0.25) is 14.0 Å². The number of amides is 2. The third kappa shape index (κ3) is 4.38. The fraction of sp³-hybridized carbons (Fsp3) is 0.367. The lowest BCUT2D eigenvalue weighted by atomic mass is 9.89. The van der Waals surface area contributed by atoms with Gasteiger partial charge in [-0.2, -0.15) is 13.2 Å². The number of benzene rings is 1. The van der Waals surface area contributed by atoms with E-state index in [0.717, 1.165) is 18.3 Å². The van der Waals surface area contributed by atoms with Gasteiger partial charge in [-0.25, -0.2) is 23.7 Å². The molecule has 2 amide bonds. The van der Waals surface area contributed by atoms with Crippen molar-refractivity contribution in [2.75, 3.05) is 24.7 Å². The van der Waals surface area contributed by atoms with Crippen molar-refractivity contribution in [3.63, 3.8) is 0 Å². The summed E-state index contributed by atoms with van der Waals surface area (Å²) < 4.78 is 77.0. The van der Waals surface area contributed by atoms with Crippen LogP contribution in [-0.4, -0.2) is 61.7 Å². The Morgan fingerprint density at radius 2 is 1.89 bits per heavy atom. The van der Waals surface area contributed by atoms with E-state index >= 15 is 8.78 Å². The molecule has 3 aliphatic rings. The van der Waals surface area contributed by atoms with Crippen LogP contribution in [0.2, 0.25) is 0 Å². The van der Waals surface area contributed by atoms with E-state index in [0.29, 0.717) is 29.0 Å². The van der Waals surface area contributed by atoms with Gasteiger partial charge in [0.25, 0.3) is 11.8 Å². The standard InChI is InChI=1S/C30H26F5N7O3/c1-45-19-12-15(26(43)39-21-13-17(6-9-37-21)30(33,34)35)2-4-18(19)22-23-24(36)38-10-11-41(23)25(40-22)16-3-5-20-29(31,32)28(7-8-28)27(44)42(20)14-16/h2,4,6,9-13,16,20H,3,5,7-8,14H2,1H3,(H2,36,38)(H,37,39,43)/t16-,20?/m0/s1. The van der Waals surface area contributed by atoms with Gasteiger partial charge in [0.05, 0.1) is 18.7 Å². The average Bonchev–Trinajstić information content (AvgIpc) is 3.72. The van der Waals surface area contributed by atoms with E-state index in [1.807, 2.05) is 0 Å². The van der Waals surface area contributed by atoms with Gasteiger partial charge in [0.1, 0.15) is 39.8 Å². The first-order chi connectivity index (χ1) is 21.4. The van der Waals surface area contributed by atoms with E-state index < -0.39 is 40.9 Å². The second-order valence-corrected chi connectivity index (χ2v) is 11.6. The first kappa shape index (κ1) is 28.9. The van der Waals surface area contributed by atoms with Crippen LogP contribution in [0.5, 0.6) is 5.75 Å². The predicted octanol–water partition coefficient (Wildman–Crippen LogP) is 5.16. The van der Waals surface area contributed by atoms with Gasteiger partial charge in [0.15, 0.2) is 0 Å². The summed E-state index contributed by atoms with van der Waals surface area (Å²) in [5, 5.41) is 2.36. The van der Waals surface area contributed by atoms with Gasteiger partial charge >= 0.3 is 6.18 Å². The lowest BCUT2D eigenvalue weighted by Gasteiger charge is -2.36. The quantitative estimate of drug-likeness (QED) is 0.293. The van der Waals surface area contributed by atoms with E-state index in [1.165, 1.54) is 30.3 Å². The van der Waals surface area contributed by atoms with Gasteiger partial charge in [-0.1, -0.05) is 0 Å². The molecular formula is C30H26F5N7O3. The Hall–Kier alpha value is -4.82. The summed E-state index contributed by atoms with van der Waals surface area (Å²) in [7, 11) is 1.38. The number of hydrogen-bond acceptors (Lipinski definition) is 7. The highest BCUT2D eigenvalue weighted by atomic mass is 19.4. The smallest absolute Gasteiger partial charge is 0.416 e. The molecule has 2 atom stereocenters. The molecular weight excluding hydrogens is 601 g/mol. The molecule has 234 valence electrons. The van der Waals surface area contributed by atoms with Crippen molar-refractivity contribution in [3.8, 4) is 17.0 Å². The maximum atomic E-state index is 15.2. The number of halogens is 5. The lowest BCUT2D eigenvalue weighted by Crippen LogP contribution is -2.46. The molecule has 0 radical (unpaired) electrons. The Labute approximate surface area is 252 Å². The number of piperidine rings is 1. The first-order valence-electron chi connectivity index (χ1n) is 14.2. The fourth-order valence-corrected chi connectivity index (χ4v) is 6.65. The molecule has 3 N–H and O–H groups in total. The number of pyridine rings is 1. The van der Waals surface area contributed by atoms with Gasteiger partial charge in [-0.15, -0.1) is 0 Å². The Bertz CT molecular complexity index is 1870. The van der Waals surface area contributed by atoms with Crippen LogP contribution in [0.15, 0.2) is 48.9 Å².